The largest absolute Gasteiger partial charge is 0.336 e. The number of amides is 3. The monoisotopic (exact) mass is 346 g/mol. The molecule has 0 saturated carbocycles. The van der Waals surface area contributed by atoms with Gasteiger partial charge in [0.05, 0.1) is 10.6 Å². The lowest BCUT2D eigenvalue weighted by Crippen LogP contribution is -2.46. The first-order valence-corrected chi connectivity index (χ1v) is 7.14. The summed E-state index contributed by atoms with van der Waals surface area (Å²) in [5.41, 5.74) is 1.02. The van der Waals surface area contributed by atoms with Crippen molar-refractivity contribution < 1.29 is 9.59 Å². The van der Waals surface area contributed by atoms with E-state index < -0.39 is 0 Å². The summed E-state index contributed by atoms with van der Waals surface area (Å²) in [6.45, 7) is 2.93. The number of carbonyl (C=O) groups is 2. The summed E-state index contributed by atoms with van der Waals surface area (Å²) in [6.07, 6.45) is 0. The van der Waals surface area contributed by atoms with E-state index in [1.807, 2.05) is 0 Å². The van der Waals surface area contributed by atoms with Gasteiger partial charge in [0.2, 0.25) is 0 Å². The van der Waals surface area contributed by atoms with E-state index in [-0.39, 0.29) is 24.3 Å². The van der Waals surface area contributed by atoms with Crippen molar-refractivity contribution in [1.82, 2.24) is 15.1 Å². The van der Waals surface area contributed by atoms with Crippen LogP contribution in [0.15, 0.2) is 18.2 Å². The van der Waals surface area contributed by atoms with Crippen molar-refractivity contribution in [3.05, 3.63) is 28.8 Å². The topological polar surface area (TPSA) is 64.7 Å². The number of piperazine rings is 1. The van der Waals surface area contributed by atoms with Gasteiger partial charge >= 0.3 is 6.03 Å². The molecule has 0 unspecified atom stereocenters. The van der Waals surface area contributed by atoms with Crippen molar-refractivity contribution in [3.8, 4) is 0 Å². The van der Waals surface area contributed by atoms with Crippen LogP contribution >= 0.6 is 24.0 Å². The lowest BCUT2D eigenvalue weighted by Gasteiger charge is -2.27. The van der Waals surface area contributed by atoms with Gasteiger partial charge in [0.25, 0.3) is 5.91 Å². The summed E-state index contributed by atoms with van der Waals surface area (Å²) < 4.78 is 0. The minimum atomic E-state index is -0.243. The number of halogens is 2. The maximum Gasteiger partial charge on any atom is 0.321 e. The molecule has 1 heterocycles. The van der Waals surface area contributed by atoms with Gasteiger partial charge in [0, 0.05) is 46.0 Å². The number of carbonyl (C=O) groups excluding carboxylic acids is 2. The van der Waals surface area contributed by atoms with E-state index in [2.05, 4.69) is 10.6 Å². The molecular weight excluding hydrogens is 327 g/mol. The highest BCUT2D eigenvalue weighted by Crippen LogP contribution is 2.22. The van der Waals surface area contributed by atoms with Crippen LogP contribution in [0.5, 0.6) is 0 Å². The summed E-state index contributed by atoms with van der Waals surface area (Å²) in [7, 11) is 3.30. The Labute approximate surface area is 141 Å². The summed E-state index contributed by atoms with van der Waals surface area (Å²) in [6, 6.07) is 4.69. The van der Waals surface area contributed by atoms with E-state index in [9.17, 15) is 9.59 Å². The van der Waals surface area contributed by atoms with Crippen LogP contribution in [-0.4, -0.2) is 62.0 Å². The van der Waals surface area contributed by atoms with Gasteiger partial charge in [-0.3, -0.25) is 4.79 Å². The number of hydrogen-bond acceptors (Lipinski definition) is 3. The van der Waals surface area contributed by atoms with Crippen molar-refractivity contribution in [2.75, 3.05) is 45.6 Å². The zero-order valence-electron chi connectivity index (χ0n) is 12.6. The summed E-state index contributed by atoms with van der Waals surface area (Å²) in [5.74, 6) is -0.0769. The van der Waals surface area contributed by atoms with Gasteiger partial charge in [-0.15, -0.1) is 12.4 Å². The van der Waals surface area contributed by atoms with E-state index in [4.69, 9.17) is 11.6 Å². The Balaban J connectivity index is 0.00000242. The molecule has 0 radical (unpaired) electrons. The maximum absolute atomic E-state index is 12.4. The number of rotatable bonds is 2. The van der Waals surface area contributed by atoms with E-state index >= 15 is 0 Å². The van der Waals surface area contributed by atoms with Crippen LogP contribution in [0.4, 0.5) is 10.5 Å². The molecule has 0 aliphatic carbocycles. The van der Waals surface area contributed by atoms with Crippen LogP contribution in [-0.2, 0) is 0 Å². The van der Waals surface area contributed by atoms with Gasteiger partial charge in [-0.2, -0.15) is 0 Å². The molecule has 1 saturated heterocycles. The highest BCUT2D eigenvalue weighted by atomic mass is 35.5. The minimum Gasteiger partial charge on any atom is -0.336 e. The molecule has 2 N–H and O–H groups in total. The molecule has 1 aromatic rings. The van der Waals surface area contributed by atoms with Crippen LogP contribution in [0, 0.1) is 0 Å². The Morgan fingerprint density at radius 2 is 1.91 bits per heavy atom. The highest BCUT2D eigenvalue weighted by Gasteiger charge is 2.20. The lowest BCUT2D eigenvalue weighted by atomic mass is 10.1. The molecule has 0 spiro atoms. The average molecular weight is 347 g/mol. The third-order valence-electron chi connectivity index (χ3n) is 3.26. The van der Waals surface area contributed by atoms with E-state index in [0.29, 0.717) is 29.4 Å². The zero-order valence-corrected chi connectivity index (χ0v) is 14.1. The second-order valence-corrected chi connectivity index (χ2v) is 5.47. The molecule has 0 bridgehead atoms. The molecule has 22 heavy (non-hydrogen) atoms. The van der Waals surface area contributed by atoms with Crippen molar-refractivity contribution in [3.63, 3.8) is 0 Å². The quantitative estimate of drug-likeness (QED) is 0.859. The van der Waals surface area contributed by atoms with E-state index in [1.165, 1.54) is 4.90 Å². The van der Waals surface area contributed by atoms with Gasteiger partial charge in [0.15, 0.2) is 0 Å². The fourth-order valence-electron chi connectivity index (χ4n) is 2.04. The van der Waals surface area contributed by atoms with E-state index in [0.717, 1.165) is 13.1 Å². The Morgan fingerprint density at radius 1 is 1.27 bits per heavy atom. The number of hydrogen-bond donors (Lipinski definition) is 2. The average Bonchev–Trinajstić information content (AvgIpc) is 2.47. The lowest BCUT2D eigenvalue weighted by molar-refractivity contribution is 0.0736. The fraction of sp³-hybridized carbons (Fsp3) is 0.429. The van der Waals surface area contributed by atoms with Crippen LogP contribution in [0.2, 0.25) is 5.02 Å². The number of anilines is 1. The molecule has 1 aromatic carbocycles. The van der Waals surface area contributed by atoms with Gasteiger partial charge in [-0.1, -0.05) is 11.6 Å². The summed E-state index contributed by atoms with van der Waals surface area (Å²) in [4.78, 5) is 27.2. The maximum atomic E-state index is 12.4. The van der Waals surface area contributed by atoms with Crippen molar-refractivity contribution in [1.29, 1.82) is 0 Å². The molecule has 6 nitrogen and oxygen atoms in total. The molecule has 1 fully saturated rings. The number of nitrogens with one attached hydrogen (secondary N) is 2. The third-order valence-corrected chi connectivity index (χ3v) is 3.57. The second-order valence-electron chi connectivity index (χ2n) is 5.06. The van der Waals surface area contributed by atoms with Crippen molar-refractivity contribution >= 4 is 41.6 Å². The van der Waals surface area contributed by atoms with Gasteiger partial charge < -0.3 is 20.4 Å². The standard InChI is InChI=1S/C14H19ClN4O2.ClH/c1-18(2)14(21)17-10-3-4-11(12(15)9-10)13(20)19-7-5-16-6-8-19;/h3-4,9,16H,5-8H2,1-2H3,(H,17,21);1H. The Hall–Kier alpha value is -1.50. The molecular formula is C14H20Cl2N4O2. The van der Waals surface area contributed by atoms with Gasteiger partial charge in [0.1, 0.15) is 0 Å². The van der Waals surface area contributed by atoms with Crippen LogP contribution < -0.4 is 10.6 Å². The Kier molecular flexibility index (Phi) is 6.93. The first-order chi connectivity index (χ1) is 9.99. The molecule has 0 atom stereocenters. The van der Waals surface area contributed by atoms with Crippen molar-refractivity contribution in [2.24, 2.45) is 0 Å². The highest BCUT2D eigenvalue weighted by molar-refractivity contribution is 6.34. The SMILES string of the molecule is CN(C)C(=O)Nc1ccc(C(=O)N2CCNCC2)c(Cl)c1.Cl. The first-order valence-electron chi connectivity index (χ1n) is 6.77. The minimum absolute atomic E-state index is 0. The summed E-state index contributed by atoms with van der Waals surface area (Å²) >= 11 is 6.18. The molecule has 1 aliphatic heterocycles. The zero-order chi connectivity index (χ0) is 15.4. The molecule has 8 heteroatoms. The smallest absolute Gasteiger partial charge is 0.321 e. The second kappa shape index (κ2) is 8.22. The molecule has 0 aromatic heterocycles. The van der Waals surface area contributed by atoms with E-state index in [1.54, 1.807) is 37.2 Å². The predicted molar refractivity (Wildman–Crippen MR) is 90.2 cm³/mol. The third kappa shape index (κ3) is 4.50. The Morgan fingerprint density at radius 3 is 2.45 bits per heavy atom. The van der Waals surface area contributed by atoms with Gasteiger partial charge in [-0.25, -0.2) is 4.79 Å². The van der Waals surface area contributed by atoms with Crippen LogP contribution in [0.1, 0.15) is 10.4 Å². The van der Waals surface area contributed by atoms with Crippen molar-refractivity contribution in [2.45, 2.75) is 0 Å². The summed E-state index contributed by atoms with van der Waals surface area (Å²) in [5, 5.41) is 6.24. The number of nitrogens with zero attached hydrogens (tertiary/aromatic N) is 2. The molecule has 2 rings (SSSR count). The predicted octanol–water partition coefficient (Wildman–Crippen LogP) is 1.90. The molecule has 1 aliphatic rings. The van der Waals surface area contributed by atoms with Gasteiger partial charge in [-0.05, 0) is 18.2 Å². The molecule has 122 valence electrons. The molecule has 3 amide bonds. The van der Waals surface area contributed by atoms with Crippen LogP contribution in [0.25, 0.3) is 0 Å². The fourth-order valence-corrected chi connectivity index (χ4v) is 2.30. The van der Waals surface area contributed by atoms with Crippen LogP contribution in [0.3, 0.4) is 0 Å². The first kappa shape index (κ1) is 18.5. The Bertz CT molecular complexity index is 546. The normalized spacial score (nSPS) is 14.0. The number of urea groups is 1. The number of benzene rings is 1.